The molecule has 1 saturated heterocycles. The van der Waals surface area contributed by atoms with Crippen molar-refractivity contribution in [3.05, 3.63) is 34.1 Å². The average molecular weight is 358 g/mol. The number of amides is 2. The van der Waals surface area contributed by atoms with E-state index in [0.29, 0.717) is 25.2 Å². The quantitative estimate of drug-likeness (QED) is 0.884. The average Bonchev–Trinajstić information content (AvgIpc) is 2.66. The summed E-state index contributed by atoms with van der Waals surface area (Å²) >= 11 is 3.09. The SMILES string of the molecule is NC(=O)CN1CCCN(C(=O)c2ccc(F)c(Br)c2)CC1. The normalized spacial score (nSPS) is 16.6. The maximum Gasteiger partial charge on any atom is 0.253 e. The molecule has 1 aliphatic heterocycles. The zero-order valence-electron chi connectivity index (χ0n) is 11.5. The van der Waals surface area contributed by atoms with Gasteiger partial charge in [-0.05, 0) is 40.5 Å². The largest absolute Gasteiger partial charge is 0.369 e. The maximum absolute atomic E-state index is 13.2. The van der Waals surface area contributed by atoms with E-state index in [-0.39, 0.29) is 22.8 Å². The third-order valence-electron chi connectivity index (χ3n) is 3.42. The van der Waals surface area contributed by atoms with Crippen LogP contribution in [0.25, 0.3) is 0 Å². The second-order valence-electron chi connectivity index (χ2n) is 5.02. The Kier molecular flexibility index (Phi) is 5.30. The molecule has 114 valence electrons. The highest BCUT2D eigenvalue weighted by Gasteiger charge is 2.21. The first-order valence-electron chi connectivity index (χ1n) is 6.72. The van der Waals surface area contributed by atoms with Crippen molar-refractivity contribution in [1.82, 2.24) is 9.80 Å². The molecule has 2 rings (SSSR count). The number of carbonyl (C=O) groups is 2. The van der Waals surface area contributed by atoms with E-state index in [4.69, 9.17) is 5.73 Å². The van der Waals surface area contributed by atoms with Crippen molar-refractivity contribution >= 4 is 27.7 Å². The van der Waals surface area contributed by atoms with Crippen LogP contribution in [0, 0.1) is 5.82 Å². The van der Waals surface area contributed by atoms with Crippen molar-refractivity contribution in [1.29, 1.82) is 0 Å². The second kappa shape index (κ2) is 7.00. The van der Waals surface area contributed by atoms with Gasteiger partial charge in [0, 0.05) is 31.7 Å². The Morgan fingerprint density at radius 3 is 2.67 bits per heavy atom. The first kappa shape index (κ1) is 15.9. The van der Waals surface area contributed by atoms with E-state index in [9.17, 15) is 14.0 Å². The summed E-state index contributed by atoms with van der Waals surface area (Å²) < 4.78 is 13.5. The third kappa shape index (κ3) is 4.25. The Balaban J connectivity index is 2.02. The molecule has 7 heteroatoms. The molecule has 2 amide bonds. The summed E-state index contributed by atoms with van der Waals surface area (Å²) in [5.41, 5.74) is 5.64. The lowest BCUT2D eigenvalue weighted by molar-refractivity contribution is -0.119. The molecule has 21 heavy (non-hydrogen) atoms. The summed E-state index contributed by atoms with van der Waals surface area (Å²) in [6.07, 6.45) is 0.779. The van der Waals surface area contributed by atoms with Gasteiger partial charge in [-0.1, -0.05) is 0 Å². The van der Waals surface area contributed by atoms with Gasteiger partial charge in [0.05, 0.1) is 11.0 Å². The van der Waals surface area contributed by atoms with Crippen LogP contribution in [-0.2, 0) is 4.79 Å². The van der Waals surface area contributed by atoms with Crippen molar-refractivity contribution in [2.45, 2.75) is 6.42 Å². The molecule has 0 unspecified atom stereocenters. The molecule has 0 saturated carbocycles. The van der Waals surface area contributed by atoms with E-state index in [1.165, 1.54) is 18.2 Å². The molecule has 0 aromatic heterocycles. The van der Waals surface area contributed by atoms with Crippen molar-refractivity contribution in [3.8, 4) is 0 Å². The minimum atomic E-state index is -0.393. The number of primary amides is 1. The van der Waals surface area contributed by atoms with Gasteiger partial charge in [-0.25, -0.2) is 4.39 Å². The summed E-state index contributed by atoms with van der Waals surface area (Å²) in [4.78, 5) is 27.0. The van der Waals surface area contributed by atoms with Crippen LogP contribution in [-0.4, -0.2) is 54.3 Å². The molecule has 5 nitrogen and oxygen atoms in total. The molecule has 0 atom stereocenters. The molecule has 0 spiro atoms. The van der Waals surface area contributed by atoms with Crippen LogP contribution in [0.4, 0.5) is 4.39 Å². The number of halogens is 2. The number of nitrogens with two attached hydrogens (primary N) is 1. The van der Waals surface area contributed by atoms with Crippen LogP contribution >= 0.6 is 15.9 Å². The van der Waals surface area contributed by atoms with Gasteiger partial charge in [-0.3, -0.25) is 14.5 Å². The minimum absolute atomic E-state index is 0.128. The maximum atomic E-state index is 13.2. The molecule has 1 aromatic rings. The number of rotatable bonds is 3. The van der Waals surface area contributed by atoms with Crippen LogP contribution in [0.1, 0.15) is 16.8 Å². The van der Waals surface area contributed by atoms with E-state index in [1.54, 1.807) is 4.90 Å². The fraction of sp³-hybridized carbons (Fsp3) is 0.429. The second-order valence-corrected chi connectivity index (χ2v) is 5.87. The highest BCUT2D eigenvalue weighted by Crippen LogP contribution is 2.18. The number of carbonyl (C=O) groups excluding carboxylic acids is 2. The molecular formula is C14H17BrFN3O2. The Morgan fingerprint density at radius 2 is 2.00 bits per heavy atom. The van der Waals surface area contributed by atoms with Crippen LogP contribution in [0.3, 0.4) is 0 Å². The molecule has 1 fully saturated rings. The summed E-state index contributed by atoms with van der Waals surface area (Å²) in [6, 6.07) is 4.24. The summed E-state index contributed by atoms with van der Waals surface area (Å²) in [7, 11) is 0. The molecule has 0 aliphatic carbocycles. The van der Waals surface area contributed by atoms with Gasteiger partial charge in [0.1, 0.15) is 5.82 Å². The van der Waals surface area contributed by atoms with E-state index >= 15 is 0 Å². The molecule has 1 heterocycles. The van der Waals surface area contributed by atoms with E-state index in [0.717, 1.165) is 13.0 Å². The molecule has 1 aliphatic rings. The van der Waals surface area contributed by atoms with Gasteiger partial charge in [0.25, 0.3) is 5.91 Å². The molecule has 0 bridgehead atoms. The number of benzene rings is 1. The fourth-order valence-electron chi connectivity index (χ4n) is 2.36. The van der Waals surface area contributed by atoms with Crippen molar-refractivity contribution in [2.24, 2.45) is 5.73 Å². The highest BCUT2D eigenvalue weighted by atomic mass is 79.9. The first-order valence-corrected chi connectivity index (χ1v) is 7.51. The van der Waals surface area contributed by atoms with Crippen LogP contribution < -0.4 is 5.73 Å². The molecule has 2 N–H and O–H groups in total. The van der Waals surface area contributed by atoms with Gasteiger partial charge in [-0.15, -0.1) is 0 Å². The highest BCUT2D eigenvalue weighted by molar-refractivity contribution is 9.10. The van der Waals surface area contributed by atoms with Gasteiger partial charge in [-0.2, -0.15) is 0 Å². The lowest BCUT2D eigenvalue weighted by atomic mass is 10.2. The summed E-state index contributed by atoms with van der Waals surface area (Å²) in [5, 5.41) is 0. The molecule has 1 aromatic carbocycles. The van der Waals surface area contributed by atoms with Crippen molar-refractivity contribution in [3.63, 3.8) is 0 Å². The summed E-state index contributed by atoms with van der Waals surface area (Å²) in [6.45, 7) is 2.70. The number of hydrogen-bond acceptors (Lipinski definition) is 3. The lowest BCUT2D eigenvalue weighted by Crippen LogP contribution is -2.38. The van der Waals surface area contributed by atoms with Gasteiger partial charge in [0.2, 0.25) is 5.91 Å². The predicted molar refractivity (Wildman–Crippen MR) is 80.3 cm³/mol. The number of nitrogens with zero attached hydrogens (tertiary/aromatic N) is 2. The fourth-order valence-corrected chi connectivity index (χ4v) is 2.74. The predicted octanol–water partition coefficient (Wildman–Crippen LogP) is 1.22. The van der Waals surface area contributed by atoms with Gasteiger partial charge in [0.15, 0.2) is 0 Å². The van der Waals surface area contributed by atoms with E-state index in [1.807, 2.05) is 4.90 Å². The lowest BCUT2D eigenvalue weighted by Gasteiger charge is -2.21. The Bertz CT molecular complexity index is 553. The van der Waals surface area contributed by atoms with Crippen LogP contribution in [0.15, 0.2) is 22.7 Å². The summed E-state index contributed by atoms with van der Waals surface area (Å²) in [5.74, 6) is -0.885. The van der Waals surface area contributed by atoms with Crippen molar-refractivity contribution in [2.75, 3.05) is 32.7 Å². The Labute approximate surface area is 131 Å². The topological polar surface area (TPSA) is 66.6 Å². The smallest absolute Gasteiger partial charge is 0.253 e. The molecular weight excluding hydrogens is 341 g/mol. The van der Waals surface area contributed by atoms with Crippen LogP contribution in [0.2, 0.25) is 0 Å². The molecule has 0 radical (unpaired) electrons. The van der Waals surface area contributed by atoms with E-state index < -0.39 is 5.82 Å². The number of hydrogen-bond donors (Lipinski definition) is 1. The first-order chi connectivity index (χ1) is 9.97. The Hall–Kier alpha value is -1.47. The van der Waals surface area contributed by atoms with Crippen molar-refractivity contribution < 1.29 is 14.0 Å². The zero-order valence-corrected chi connectivity index (χ0v) is 13.1. The third-order valence-corrected chi connectivity index (χ3v) is 4.03. The van der Waals surface area contributed by atoms with Gasteiger partial charge >= 0.3 is 0 Å². The Morgan fingerprint density at radius 1 is 1.24 bits per heavy atom. The zero-order chi connectivity index (χ0) is 15.4. The van der Waals surface area contributed by atoms with Crippen LogP contribution in [0.5, 0.6) is 0 Å². The van der Waals surface area contributed by atoms with E-state index in [2.05, 4.69) is 15.9 Å². The minimum Gasteiger partial charge on any atom is -0.369 e. The standard InChI is InChI=1S/C14H17BrFN3O2/c15-11-8-10(2-3-12(11)16)14(21)19-5-1-4-18(6-7-19)9-13(17)20/h2-3,8H,1,4-7,9H2,(H2,17,20). The van der Waals surface area contributed by atoms with Gasteiger partial charge < -0.3 is 10.6 Å². The monoisotopic (exact) mass is 357 g/mol.